The van der Waals surface area contributed by atoms with E-state index < -0.39 is 0 Å². The summed E-state index contributed by atoms with van der Waals surface area (Å²) in [6, 6.07) is 6.54. The minimum Gasteiger partial charge on any atom is -0.492 e. The Morgan fingerprint density at radius 2 is 1.88 bits per heavy atom. The fraction of sp³-hybridized carbons (Fsp3) is 0.611. The van der Waals surface area contributed by atoms with Crippen LogP contribution >= 0.6 is 11.8 Å². The number of benzene rings is 1. The molecule has 2 heterocycles. The molecule has 0 spiro atoms. The third-order valence-electron chi connectivity index (χ3n) is 4.78. The monoisotopic (exact) mass is 352 g/mol. The topological polar surface area (TPSA) is 32.8 Å². The quantitative estimate of drug-likeness (QED) is 0.816. The molecule has 0 saturated carbocycles. The van der Waals surface area contributed by atoms with E-state index in [2.05, 4.69) is 4.90 Å². The van der Waals surface area contributed by atoms with Crippen LogP contribution < -0.4 is 4.74 Å². The van der Waals surface area contributed by atoms with Crippen molar-refractivity contribution in [1.82, 2.24) is 9.80 Å². The first-order chi connectivity index (χ1) is 11.7. The fourth-order valence-corrected chi connectivity index (χ4v) is 4.30. The Labute approximate surface area is 147 Å². The van der Waals surface area contributed by atoms with Crippen LogP contribution in [0.15, 0.2) is 24.3 Å². The molecule has 0 bridgehead atoms. The zero-order valence-electron chi connectivity index (χ0n) is 14.0. The van der Waals surface area contributed by atoms with E-state index in [0.29, 0.717) is 31.4 Å². The lowest BCUT2D eigenvalue weighted by Crippen LogP contribution is -2.41. The van der Waals surface area contributed by atoms with Gasteiger partial charge in [0, 0.05) is 43.6 Å². The van der Waals surface area contributed by atoms with Gasteiger partial charge < -0.3 is 9.64 Å². The summed E-state index contributed by atoms with van der Waals surface area (Å²) in [5.41, 5.74) is 0. The molecule has 1 unspecified atom stereocenters. The molecule has 6 heteroatoms. The van der Waals surface area contributed by atoms with Gasteiger partial charge in [-0.05, 0) is 37.1 Å². The lowest BCUT2D eigenvalue weighted by Gasteiger charge is -2.33. The molecule has 0 radical (unpaired) electrons. The Morgan fingerprint density at radius 3 is 2.62 bits per heavy atom. The predicted octanol–water partition coefficient (Wildman–Crippen LogP) is 2.63. The predicted molar refractivity (Wildman–Crippen MR) is 95.0 cm³/mol. The molecular weight excluding hydrogens is 327 g/mol. The van der Waals surface area contributed by atoms with Crippen molar-refractivity contribution < 1.29 is 13.9 Å². The lowest BCUT2D eigenvalue weighted by molar-refractivity contribution is -0.131. The van der Waals surface area contributed by atoms with Gasteiger partial charge in [0.15, 0.2) is 0 Å². The molecule has 2 aliphatic rings. The molecule has 0 aromatic heterocycles. The van der Waals surface area contributed by atoms with Crippen LogP contribution in [-0.4, -0.2) is 66.0 Å². The summed E-state index contributed by atoms with van der Waals surface area (Å²) in [7, 11) is 0. The summed E-state index contributed by atoms with van der Waals surface area (Å²) in [5.74, 6) is 3.01. The van der Waals surface area contributed by atoms with Gasteiger partial charge in [-0.3, -0.25) is 9.69 Å². The van der Waals surface area contributed by atoms with Crippen molar-refractivity contribution in [2.45, 2.75) is 25.3 Å². The van der Waals surface area contributed by atoms with Crippen LogP contribution in [-0.2, 0) is 4.79 Å². The van der Waals surface area contributed by atoms with Crippen LogP contribution in [0.25, 0.3) is 0 Å². The van der Waals surface area contributed by atoms with Gasteiger partial charge in [0.1, 0.15) is 18.2 Å². The molecule has 3 rings (SSSR count). The molecule has 2 aliphatic heterocycles. The van der Waals surface area contributed by atoms with Gasteiger partial charge in [0.05, 0.1) is 6.54 Å². The van der Waals surface area contributed by atoms with E-state index in [4.69, 9.17) is 4.74 Å². The Morgan fingerprint density at radius 1 is 1.12 bits per heavy atom. The van der Waals surface area contributed by atoms with Gasteiger partial charge in [0.2, 0.25) is 5.91 Å². The first-order valence-electron chi connectivity index (χ1n) is 8.70. The minimum absolute atomic E-state index is 0.228. The number of likely N-dealkylation sites (tertiary alicyclic amines) is 1. The summed E-state index contributed by atoms with van der Waals surface area (Å²) < 4.78 is 18.5. The number of hydrogen-bond donors (Lipinski definition) is 0. The Hall–Kier alpha value is -1.27. The maximum absolute atomic E-state index is 12.9. The van der Waals surface area contributed by atoms with Crippen molar-refractivity contribution in [3.05, 3.63) is 30.1 Å². The van der Waals surface area contributed by atoms with Crippen molar-refractivity contribution in [2.24, 2.45) is 0 Å². The van der Waals surface area contributed by atoms with Crippen molar-refractivity contribution >= 4 is 17.7 Å². The van der Waals surface area contributed by atoms with Crippen LogP contribution in [0, 0.1) is 5.82 Å². The standard InChI is InChI=1S/C18H25FN2O2S/c19-15-1-4-17(5-2-15)23-12-9-21-8-7-16(3-6-18(21)22)20-10-13-24-14-11-20/h1-2,4-5,16H,3,6-14H2. The molecule has 0 aliphatic carbocycles. The molecule has 4 nitrogen and oxygen atoms in total. The van der Waals surface area contributed by atoms with Crippen LogP contribution in [0.1, 0.15) is 19.3 Å². The molecule has 1 amide bonds. The average molecular weight is 352 g/mol. The van der Waals surface area contributed by atoms with E-state index in [9.17, 15) is 9.18 Å². The largest absolute Gasteiger partial charge is 0.492 e. The molecule has 2 fully saturated rings. The SMILES string of the molecule is O=C1CCC(N2CCSCC2)CCN1CCOc1ccc(F)cc1. The van der Waals surface area contributed by atoms with Gasteiger partial charge >= 0.3 is 0 Å². The normalized spacial score (nSPS) is 23.1. The summed E-state index contributed by atoms with van der Waals surface area (Å²) in [5, 5.41) is 0. The highest BCUT2D eigenvalue weighted by Gasteiger charge is 2.27. The van der Waals surface area contributed by atoms with Crippen LogP contribution in [0.5, 0.6) is 5.75 Å². The summed E-state index contributed by atoms with van der Waals surface area (Å²) in [6.07, 6.45) is 2.65. The fourth-order valence-electron chi connectivity index (χ4n) is 3.37. The molecule has 1 aromatic carbocycles. The summed E-state index contributed by atoms with van der Waals surface area (Å²) >= 11 is 2.02. The van der Waals surface area contributed by atoms with Crippen LogP contribution in [0.2, 0.25) is 0 Å². The van der Waals surface area contributed by atoms with Gasteiger partial charge in [-0.15, -0.1) is 0 Å². The molecule has 1 aromatic rings. The number of amides is 1. The second-order valence-corrected chi connectivity index (χ2v) is 7.54. The molecular formula is C18H25FN2O2S. The molecule has 24 heavy (non-hydrogen) atoms. The van der Waals surface area contributed by atoms with Gasteiger partial charge in [-0.1, -0.05) is 0 Å². The number of carbonyl (C=O) groups is 1. The Kier molecular flexibility index (Phi) is 6.37. The van der Waals surface area contributed by atoms with Crippen molar-refractivity contribution in [2.75, 3.05) is 44.3 Å². The highest BCUT2D eigenvalue weighted by atomic mass is 32.2. The molecule has 132 valence electrons. The molecule has 1 atom stereocenters. The molecule has 2 saturated heterocycles. The van der Waals surface area contributed by atoms with Crippen LogP contribution in [0.3, 0.4) is 0 Å². The maximum atomic E-state index is 12.9. The lowest BCUT2D eigenvalue weighted by atomic mass is 10.1. The van der Waals surface area contributed by atoms with Crippen molar-refractivity contribution in [1.29, 1.82) is 0 Å². The highest BCUT2D eigenvalue weighted by Crippen LogP contribution is 2.21. The third kappa shape index (κ3) is 4.86. The van der Waals surface area contributed by atoms with Crippen LogP contribution in [0.4, 0.5) is 4.39 Å². The summed E-state index contributed by atoms with van der Waals surface area (Å²) in [6.45, 7) is 4.15. The van der Waals surface area contributed by atoms with E-state index in [1.165, 1.54) is 23.6 Å². The number of halogens is 1. The smallest absolute Gasteiger partial charge is 0.222 e. The number of thioether (sulfide) groups is 1. The third-order valence-corrected chi connectivity index (χ3v) is 5.72. The summed E-state index contributed by atoms with van der Waals surface area (Å²) in [4.78, 5) is 16.8. The van der Waals surface area contributed by atoms with E-state index in [1.807, 2.05) is 16.7 Å². The van der Waals surface area contributed by atoms with Gasteiger partial charge in [-0.2, -0.15) is 11.8 Å². The van der Waals surface area contributed by atoms with E-state index >= 15 is 0 Å². The second kappa shape index (κ2) is 8.72. The molecule has 0 N–H and O–H groups in total. The van der Waals surface area contributed by atoms with E-state index in [-0.39, 0.29) is 11.7 Å². The number of nitrogens with zero attached hydrogens (tertiary/aromatic N) is 2. The number of hydrogen-bond acceptors (Lipinski definition) is 4. The zero-order chi connectivity index (χ0) is 16.8. The average Bonchev–Trinajstić information content (AvgIpc) is 2.80. The Balaban J connectivity index is 1.45. The van der Waals surface area contributed by atoms with E-state index in [0.717, 1.165) is 32.5 Å². The number of ether oxygens (including phenoxy) is 1. The zero-order valence-corrected chi connectivity index (χ0v) is 14.8. The van der Waals surface area contributed by atoms with Crippen molar-refractivity contribution in [3.63, 3.8) is 0 Å². The second-order valence-electron chi connectivity index (χ2n) is 6.31. The van der Waals surface area contributed by atoms with E-state index in [1.54, 1.807) is 12.1 Å². The number of rotatable bonds is 5. The van der Waals surface area contributed by atoms with Crippen molar-refractivity contribution in [3.8, 4) is 5.75 Å². The first-order valence-corrected chi connectivity index (χ1v) is 9.86. The Bertz CT molecular complexity index is 534. The minimum atomic E-state index is -0.271. The first kappa shape index (κ1) is 17.5. The van der Waals surface area contributed by atoms with Gasteiger partial charge in [-0.25, -0.2) is 4.39 Å². The highest BCUT2D eigenvalue weighted by molar-refractivity contribution is 7.99. The number of carbonyl (C=O) groups excluding carboxylic acids is 1. The maximum Gasteiger partial charge on any atom is 0.222 e. The van der Waals surface area contributed by atoms with Gasteiger partial charge in [0.25, 0.3) is 0 Å².